The summed E-state index contributed by atoms with van der Waals surface area (Å²) < 4.78 is 5.33. The summed E-state index contributed by atoms with van der Waals surface area (Å²) in [4.78, 5) is 49.2. The highest BCUT2D eigenvalue weighted by atomic mass is 32.2. The van der Waals surface area contributed by atoms with Crippen molar-refractivity contribution in [2.45, 2.75) is 6.92 Å². The van der Waals surface area contributed by atoms with E-state index in [1.165, 1.54) is 6.08 Å². The van der Waals surface area contributed by atoms with Gasteiger partial charge < -0.3 is 15.8 Å². The van der Waals surface area contributed by atoms with Gasteiger partial charge in [0.05, 0.1) is 4.91 Å². The van der Waals surface area contributed by atoms with Crippen LogP contribution in [-0.2, 0) is 14.4 Å². The van der Waals surface area contributed by atoms with Crippen molar-refractivity contribution in [3.8, 4) is 5.75 Å². The summed E-state index contributed by atoms with van der Waals surface area (Å²) in [6, 6.07) is 13.9. The number of ether oxygens (including phenoxy) is 1. The molecule has 2 aromatic carbocycles. The first-order chi connectivity index (χ1) is 14.3. The summed E-state index contributed by atoms with van der Waals surface area (Å²) in [5, 5.41) is 2.12. The van der Waals surface area contributed by atoms with Gasteiger partial charge in [-0.15, -0.1) is 0 Å². The molecule has 0 aliphatic carbocycles. The largest absolute Gasteiger partial charge is 0.483 e. The summed E-state index contributed by atoms with van der Waals surface area (Å²) in [5.74, 6) is -1.34. The number of hydrogen-bond donors (Lipinski definition) is 2. The molecule has 0 unspecified atom stereocenters. The predicted molar refractivity (Wildman–Crippen MR) is 114 cm³/mol. The van der Waals surface area contributed by atoms with E-state index in [-0.39, 0.29) is 11.5 Å². The van der Waals surface area contributed by atoms with Gasteiger partial charge in [-0.25, -0.2) is 0 Å². The van der Waals surface area contributed by atoms with Crippen molar-refractivity contribution >= 4 is 46.5 Å². The van der Waals surface area contributed by atoms with Gasteiger partial charge in [-0.2, -0.15) is 0 Å². The van der Waals surface area contributed by atoms with Gasteiger partial charge in [0.2, 0.25) is 5.91 Å². The number of amides is 4. The van der Waals surface area contributed by atoms with E-state index >= 15 is 0 Å². The number of anilines is 1. The highest BCUT2D eigenvalue weighted by Crippen LogP contribution is 2.33. The summed E-state index contributed by atoms with van der Waals surface area (Å²) in [5.41, 5.74) is 7.23. The van der Waals surface area contributed by atoms with E-state index in [1.54, 1.807) is 36.4 Å². The Hall–Kier alpha value is -3.59. The molecule has 3 N–H and O–H groups in total. The highest BCUT2D eigenvalue weighted by molar-refractivity contribution is 8.18. The molecule has 0 saturated carbocycles. The SMILES string of the molecule is Cc1ccc(NC(=O)CN2C(=O)S/C(=C\c3ccccc3OCC(N)=O)C2=O)cc1. The molecule has 1 heterocycles. The fourth-order valence-electron chi connectivity index (χ4n) is 2.64. The summed E-state index contributed by atoms with van der Waals surface area (Å²) >= 11 is 0.731. The van der Waals surface area contributed by atoms with Gasteiger partial charge in [0, 0.05) is 11.3 Å². The molecule has 0 bridgehead atoms. The molecule has 1 fully saturated rings. The number of nitrogens with one attached hydrogen (secondary N) is 1. The van der Waals surface area contributed by atoms with Crippen molar-refractivity contribution in [3.05, 3.63) is 64.6 Å². The molecular formula is C21H19N3O5S. The zero-order chi connectivity index (χ0) is 21.7. The molecule has 0 spiro atoms. The molecule has 0 aromatic heterocycles. The molecule has 9 heteroatoms. The Kier molecular flexibility index (Phi) is 6.53. The van der Waals surface area contributed by atoms with E-state index < -0.39 is 29.5 Å². The average Bonchev–Trinajstić information content (AvgIpc) is 2.96. The van der Waals surface area contributed by atoms with Crippen LogP contribution in [-0.4, -0.2) is 41.0 Å². The maximum atomic E-state index is 12.7. The van der Waals surface area contributed by atoms with Gasteiger partial charge >= 0.3 is 0 Å². The first-order valence-corrected chi connectivity index (χ1v) is 9.77. The lowest BCUT2D eigenvalue weighted by atomic mass is 10.2. The fourth-order valence-corrected chi connectivity index (χ4v) is 3.47. The Bertz CT molecular complexity index is 1030. The van der Waals surface area contributed by atoms with Crippen LogP contribution >= 0.6 is 11.8 Å². The molecule has 4 amide bonds. The number of carbonyl (C=O) groups is 4. The van der Waals surface area contributed by atoms with Crippen molar-refractivity contribution in [3.63, 3.8) is 0 Å². The number of aryl methyl sites for hydroxylation is 1. The van der Waals surface area contributed by atoms with Crippen LogP contribution in [0.25, 0.3) is 6.08 Å². The lowest BCUT2D eigenvalue weighted by Crippen LogP contribution is -2.36. The van der Waals surface area contributed by atoms with Gasteiger partial charge in [0.1, 0.15) is 12.3 Å². The van der Waals surface area contributed by atoms with Crippen LogP contribution < -0.4 is 15.8 Å². The molecule has 8 nitrogen and oxygen atoms in total. The smallest absolute Gasteiger partial charge is 0.294 e. The van der Waals surface area contributed by atoms with E-state index in [4.69, 9.17) is 10.5 Å². The quantitative estimate of drug-likeness (QED) is 0.658. The van der Waals surface area contributed by atoms with Gasteiger partial charge in [-0.05, 0) is 43.0 Å². The van der Waals surface area contributed by atoms with Gasteiger partial charge in [0.25, 0.3) is 17.1 Å². The molecule has 0 radical (unpaired) electrons. The molecule has 1 saturated heterocycles. The van der Waals surface area contributed by atoms with Crippen LogP contribution in [0.2, 0.25) is 0 Å². The Morgan fingerprint density at radius 1 is 1.13 bits per heavy atom. The number of primary amides is 1. The topological polar surface area (TPSA) is 119 Å². The number of nitrogens with two attached hydrogens (primary N) is 1. The zero-order valence-corrected chi connectivity index (χ0v) is 16.9. The van der Waals surface area contributed by atoms with E-state index in [2.05, 4.69) is 5.32 Å². The molecule has 3 rings (SSSR count). The van der Waals surface area contributed by atoms with Crippen LogP contribution in [0.3, 0.4) is 0 Å². The van der Waals surface area contributed by atoms with E-state index in [0.717, 1.165) is 22.2 Å². The molecule has 1 aliphatic rings. The second kappa shape index (κ2) is 9.27. The lowest BCUT2D eigenvalue weighted by molar-refractivity contribution is -0.127. The predicted octanol–water partition coefficient (Wildman–Crippen LogP) is 2.53. The second-order valence-corrected chi connectivity index (χ2v) is 7.47. The number of carbonyl (C=O) groups excluding carboxylic acids is 4. The van der Waals surface area contributed by atoms with Crippen LogP contribution in [0.5, 0.6) is 5.75 Å². The molecule has 154 valence electrons. The Balaban J connectivity index is 1.71. The molecule has 2 aromatic rings. The van der Waals surface area contributed by atoms with Crippen LogP contribution in [0.1, 0.15) is 11.1 Å². The first-order valence-electron chi connectivity index (χ1n) is 8.95. The third-order valence-corrected chi connectivity index (χ3v) is 4.99. The van der Waals surface area contributed by atoms with Crippen molar-refractivity contribution in [1.82, 2.24) is 4.90 Å². The second-order valence-electron chi connectivity index (χ2n) is 6.47. The number of hydrogen-bond acceptors (Lipinski definition) is 6. The van der Waals surface area contributed by atoms with Crippen molar-refractivity contribution in [1.29, 1.82) is 0 Å². The molecule has 30 heavy (non-hydrogen) atoms. The van der Waals surface area contributed by atoms with E-state index in [1.807, 2.05) is 19.1 Å². The number of nitrogens with zero attached hydrogens (tertiary/aromatic N) is 1. The minimum atomic E-state index is -0.635. The highest BCUT2D eigenvalue weighted by Gasteiger charge is 2.36. The third kappa shape index (κ3) is 5.26. The maximum absolute atomic E-state index is 12.7. The minimum absolute atomic E-state index is 0.151. The number of rotatable bonds is 7. The third-order valence-electron chi connectivity index (χ3n) is 4.09. The standard InChI is InChI=1S/C21H19N3O5S/c1-13-6-8-15(9-7-13)23-19(26)11-24-20(27)17(30-21(24)28)10-14-4-2-3-5-16(14)29-12-18(22)25/h2-10H,11-12H2,1H3,(H2,22,25)(H,23,26)/b17-10-. The number of benzene rings is 2. The van der Waals surface area contributed by atoms with E-state index in [9.17, 15) is 19.2 Å². The normalized spacial score (nSPS) is 14.8. The van der Waals surface area contributed by atoms with Crippen molar-refractivity contribution in [2.24, 2.45) is 5.73 Å². The Morgan fingerprint density at radius 2 is 1.83 bits per heavy atom. The molecule has 0 atom stereocenters. The van der Waals surface area contributed by atoms with Crippen LogP contribution in [0.4, 0.5) is 10.5 Å². The summed E-state index contributed by atoms with van der Waals surface area (Å²) in [7, 11) is 0. The first kappa shape index (κ1) is 21.1. The molecular weight excluding hydrogens is 406 g/mol. The average molecular weight is 425 g/mol. The van der Waals surface area contributed by atoms with Gasteiger partial charge in [0.15, 0.2) is 6.61 Å². The van der Waals surface area contributed by atoms with E-state index in [0.29, 0.717) is 17.0 Å². The van der Waals surface area contributed by atoms with Crippen molar-refractivity contribution < 1.29 is 23.9 Å². The zero-order valence-electron chi connectivity index (χ0n) is 16.1. The minimum Gasteiger partial charge on any atom is -0.483 e. The summed E-state index contributed by atoms with van der Waals surface area (Å²) in [6.07, 6.45) is 1.49. The van der Waals surface area contributed by atoms with Crippen LogP contribution in [0.15, 0.2) is 53.4 Å². The molecule has 1 aliphatic heterocycles. The van der Waals surface area contributed by atoms with Gasteiger partial charge in [-0.3, -0.25) is 24.1 Å². The number of para-hydroxylation sites is 1. The van der Waals surface area contributed by atoms with Crippen LogP contribution in [0, 0.1) is 6.92 Å². The maximum Gasteiger partial charge on any atom is 0.294 e. The monoisotopic (exact) mass is 425 g/mol. The lowest BCUT2D eigenvalue weighted by Gasteiger charge is -2.12. The Morgan fingerprint density at radius 3 is 2.53 bits per heavy atom. The number of imide groups is 1. The summed E-state index contributed by atoms with van der Waals surface area (Å²) in [6.45, 7) is 1.22. The van der Waals surface area contributed by atoms with Gasteiger partial charge in [-0.1, -0.05) is 35.9 Å². The fraction of sp³-hybridized carbons (Fsp3) is 0.143. The Labute approximate surface area is 177 Å². The number of thioether (sulfide) groups is 1. The van der Waals surface area contributed by atoms with Crippen molar-refractivity contribution in [2.75, 3.05) is 18.5 Å².